The number of aliphatic hydroxyl groups excluding tert-OH is 1. The van der Waals surface area contributed by atoms with E-state index in [1.165, 1.54) is 7.11 Å². The smallest absolute Gasteiger partial charge is 0.251 e. The first-order valence-electron chi connectivity index (χ1n) is 6.33. The van der Waals surface area contributed by atoms with Crippen molar-refractivity contribution in [1.82, 2.24) is 5.32 Å². The summed E-state index contributed by atoms with van der Waals surface area (Å²) >= 11 is 1.60. The fraction of sp³-hybridized carbons (Fsp3) is 0.188. The lowest BCUT2D eigenvalue weighted by atomic mass is 10.1. The number of benzene rings is 1. The Labute approximate surface area is 127 Å². The number of hydrogen-bond donors (Lipinski definition) is 2. The van der Waals surface area contributed by atoms with Gasteiger partial charge in [0.25, 0.3) is 5.91 Å². The van der Waals surface area contributed by atoms with Gasteiger partial charge in [0, 0.05) is 10.4 Å². The Bertz CT molecular complexity index is 669. The fourth-order valence-electron chi connectivity index (χ4n) is 1.76. The molecule has 0 aliphatic carbocycles. The third-order valence-corrected chi connectivity index (χ3v) is 3.64. The summed E-state index contributed by atoms with van der Waals surface area (Å²) in [4.78, 5) is 13.2. The van der Waals surface area contributed by atoms with Crippen molar-refractivity contribution in [3.05, 3.63) is 51.7 Å². The first kappa shape index (κ1) is 15.1. The summed E-state index contributed by atoms with van der Waals surface area (Å²) in [5.74, 6) is 5.74. The average Bonchev–Trinajstić information content (AvgIpc) is 3.03. The van der Waals surface area contributed by atoms with E-state index in [1.807, 2.05) is 17.5 Å². The molecule has 2 rings (SSSR count). The third-order valence-electron chi connectivity index (χ3n) is 2.77. The predicted molar refractivity (Wildman–Crippen MR) is 82.4 cm³/mol. The van der Waals surface area contributed by atoms with Gasteiger partial charge in [-0.3, -0.25) is 4.79 Å². The van der Waals surface area contributed by atoms with E-state index in [0.29, 0.717) is 23.4 Å². The van der Waals surface area contributed by atoms with Crippen molar-refractivity contribution >= 4 is 17.2 Å². The molecule has 0 atom stereocenters. The molecule has 0 spiro atoms. The van der Waals surface area contributed by atoms with Crippen LogP contribution in [0.15, 0.2) is 35.7 Å². The first-order chi connectivity index (χ1) is 10.2. The van der Waals surface area contributed by atoms with Gasteiger partial charge in [-0.05, 0) is 29.6 Å². The molecule has 1 amide bonds. The Hall–Kier alpha value is -2.29. The van der Waals surface area contributed by atoms with Crippen molar-refractivity contribution in [2.24, 2.45) is 0 Å². The molecule has 0 aliphatic heterocycles. The van der Waals surface area contributed by atoms with Gasteiger partial charge in [-0.25, -0.2) is 0 Å². The second-order valence-corrected chi connectivity index (χ2v) is 5.17. The van der Waals surface area contributed by atoms with Crippen LogP contribution in [0.1, 0.15) is 20.8 Å². The first-order valence-corrected chi connectivity index (χ1v) is 7.21. The highest BCUT2D eigenvalue weighted by Crippen LogP contribution is 2.19. The highest BCUT2D eigenvalue weighted by molar-refractivity contribution is 7.09. The van der Waals surface area contributed by atoms with Crippen molar-refractivity contribution in [3.8, 4) is 17.6 Å². The van der Waals surface area contributed by atoms with Crippen LogP contribution in [-0.4, -0.2) is 24.7 Å². The van der Waals surface area contributed by atoms with Gasteiger partial charge in [-0.1, -0.05) is 17.9 Å². The van der Waals surface area contributed by atoms with E-state index < -0.39 is 0 Å². The fourth-order valence-corrected chi connectivity index (χ4v) is 2.41. The molecule has 4 nitrogen and oxygen atoms in total. The second-order valence-electron chi connectivity index (χ2n) is 4.14. The zero-order valence-electron chi connectivity index (χ0n) is 11.6. The van der Waals surface area contributed by atoms with Crippen LogP contribution in [0.4, 0.5) is 0 Å². The van der Waals surface area contributed by atoms with Crippen LogP contribution >= 0.6 is 11.3 Å². The molecule has 5 heteroatoms. The van der Waals surface area contributed by atoms with Crippen molar-refractivity contribution in [2.75, 3.05) is 13.7 Å². The highest BCUT2D eigenvalue weighted by atomic mass is 32.1. The van der Waals surface area contributed by atoms with E-state index in [-0.39, 0.29) is 12.5 Å². The Morgan fingerprint density at radius 3 is 2.95 bits per heavy atom. The van der Waals surface area contributed by atoms with Gasteiger partial charge in [0.05, 0.1) is 19.2 Å². The molecule has 2 aromatic rings. The van der Waals surface area contributed by atoms with E-state index in [1.54, 1.807) is 29.5 Å². The third kappa shape index (κ3) is 4.09. The number of thiophene rings is 1. The average molecular weight is 301 g/mol. The molecular weight excluding hydrogens is 286 g/mol. The largest absolute Gasteiger partial charge is 0.495 e. The molecule has 2 N–H and O–H groups in total. The molecule has 108 valence electrons. The summed E-state index contributed by atoms with van der Waals surface area (Å²) in [6.45, 7) is 0.262. The maximum Gasteiger partial charge on any atom is 0.251 e. The number of carbonyl (C=O) groups is 1. The predicted octanol–water partition coefficient (Wildman–Crippen LogP) is 2.03. The Morgan fingerprint density at radius 1 is 1.43 bits per heavy atom. The quantitative estimate of drug-likeness (QED) is 0.850. The number of amides is 1. The van der Waals surface area contributed by atoms with Crippen LogP contribution in [0.3, 0.4) is 0 Å². The van der Waals surface area contributed by atoms with Crippen molar-refractivity contribution < 1.29 is 14.6 Å². The Balaban J connectivity index is 2.13. The normalized spacial score (nSPS) is 9.62. The van der Waals surface area contributed by atoms with Gasteiger partial charge in [0.1, 0.15) is 12.4 Å². The van der Waals surface area contributed by atoms with Gasteiger partial charge in [0.2, 0.25) is 0 Å². The molecule has 1 aromatic carbocycles. The molecule has 1 heterocycles. The zero-order valence-corrected chi connectivity index (χ0v) is 12.4. The summed E-state index contributed by atoms with van der Waals surface area (Å²) in [5.41, 5.74) is 1.09. The van der Waals surface area contributed by atoms with E-state index in [2.05, 4.69) is 17.2 Å². The maximum absolute atomic E-state index is 12.1. The molecule has 21 heavy (non-hydrogen) atoms. The van der Waals surface area contributed by atoms with Crippen LogP contribution in [0.25, 0.3) is 0 Å². The zero-order chi connectivity index (χ0) is 15.1. The number of rotatable bonds is 4. The number of methoxy groups -OCH3 is 1. The van der Waals surface area contributed by atoms with E-state index in [0.717, 1.165) is 4.88 Å². The summed E-state index contributed by atoms with van der Waals surface area (Å²) in [7, 11) is 1.54. The highest BCUT2D eigenvalue weighted by Gasteiger charge is 2.09. The van der Waals surface area contributed by atoms with E-state index in [9.17, 15) is 4.79 Å². The van der Waals surface area contributed by atoms with Gasteiger partial charge < -0.3 is 15.2 Å². The molecule has 0 saturated carbocycles. The maximum atomic E-state index is 12.1. The Morgan fingerprint density at radius 2 is 2.29 bits per heavy atom. The van der Waals surface area contributed by atoms with Crippen LogP contribution in [-0.2, 0) is 6.54 Å². The van der Waals surface area contributed by atoms with Crippen molar-refractivity contribution in [3.63, 3.8) is 0 Å². The van der Waals surface area contributed by atoms with Gasteiger partial charge in [-0.2, -0.15) is 0 Å². The molecule has 0 unspecified atom stereocenters. The molecule has 0 radical (unpaired) electrons. The van der Waals surface area contributed by atoms with Crippen LogP contribution < -0.4 is 10.1 Å². The summed E-state index contributed by atoms with van der Waals surface area (Å²) in [6.07, 6.45) is 0. The molecule has 0 bridgehead atoms. The molecule has 0 saturated heterocycles. The van der Waals surface area contributed by atoms with Gasteiger partial charge in [-0.15, -0.1) is 11.3 Å². The molecule has 0 aliphatic rings. The number of carbonyl (C=O) groups excluding carboxylic acids is 1. The van der Waals surface area contributed by atoms with Crippen molar-refractivity contribution in [1.29, 1.82) is 0 Å². The standard InChI is InChI=1S/C16H15NO3S/c1-20-15-7-6-13(10-12(15)4-2-8-18)16(19)17-11-14-5-3-9-21-14/h3,5-7,9-10,18H,8,11H2,1H3,(H,17,19). The Kier molecular flexibility index (Phi) is 5.38. The monoisotopic (exact) mass is 301 g/mol. The van der Waals surface area contributed by atoms with Crippen LogP contribution in [0.5, 0.6) is 5.75 Å². The second kappa shape index (κ2) is 7.48. The molecular formula is C16H15NO3S. The van der Waals surface area contributed by atoms with Crippen LogP contribution in [0.2, 0.25) is 0 Å². The van der Waals surface area contributed by atoms with Gasteiger partial charge in [0.15, 0.2) is 0 Å². The molecule has 0 fully saturated rings. The summed E-state index contributed by atoms with van der Waals surface area (Å²) in [5, 5.41) is 13.6. The summed E-state index contributed by atoms with van der Waals surface area (Å²) < 4.78 is 5.18. The number of hydrogen-bond acceptors (Lipinski definition) is 4. The van der Waals surface area contributed by atoms with Crippen molar-refractivity contribution in [2.45, 2.75) is 6.54 Å². The lowest BCUT2D eigenvalue weighted by molar-refractivity contribution is 0.0951. The van der Waals surface area contributed by atoms with Gasteiger partial charge >= 0.3 is 0 Å². The minimum Gasteiger partial charge on any atom is -0.495 e. The minimum absolute atomic E-state index is 0.168. The van der Waals surface area contributed by atoms with E-state index >= 15 is 0 Å². The SMILES string of the molecule is COc1ccc(C(=O)NCc2cccs2)cc1C#CCO. The number of ether oxygens (including phenoxy) is 1. The topological polar surface area (TPSA) is 58.6 Å². The lowest BCUT2D eigenvalue weighted by Gasteiger charge is -2.07. The lowest BCUT2D eigenvalue weighted by Crippen LogP contribution is -2.22. The minimum atomic E-state index is -0.238. The van der Waals surface area contributed by atoms with Crippen LogP contribution in [0, 0.1) is 11.8 Å². The summed E-state index contributed by atoms with van der Waals surface area (Å²) in [6, 6.07) is 8.96. The number of aliphatic hydroxyl groups is 1. The molecule has 1 aromatic heterocycles. The van der Waals surface area contributed by atoms with E-state index in [4.69, 9.17) is 9.84 Å². The number of nitrogens with one attached hydrogen (secondary N) is 1.